The van der Waals surface area contributed by atoms with Crippen molar-refractivity contribution < 1.29 is 33.4 Å². The van der Waals surface area contributed by atoms with Crippen LogP contribution in [0.25, 0.3) is 11.6 Å². The van der Waals surface area contributed by atoms with E-state index in [0.29, 0.717) is 41.2 Å². The first kappa shape index (κ1) is 31.5. The Bertz CT molecular complexity index is 1320. The molecule has 0 spiro atoms. The van der Waals surface area contributed by atoms with E-state index in [1.165, 1.54) is 18.2 Å². The van der Waals surface area contributed by atoms with Crippen LogP contribution in [0.2, 0.25) is 0 Å². The number of rotatable bonds is 13. The maximum absolute atomic E-state index is 13.9. The van der Waals surface area contributed by atoms with Gasteiger partial charge in [0.2, 0.25) is 5.91 Å². The second-order valence-corrected chi connectivity index (χ2v) is 9.64. The summed E-state index contributed by atoms with van der Waals surface area (Å²) in [6, 6.07) is 4.04. The van der Waals surface area contributed by atoms with Gasteiger partial charge in [0.25, 0.3) is 11.8 Å². The number of likely N-dealkylation sites (N-methyl/N-ethyl adjacent to an activating group) is 1. The van der Waals surface area contributed by atoms with Crippen molar-refractivity contribution in [2.75, 3.05) is 51.3 Å². The van der Waals surface area contributed by atoms with Gasteiger partial charge in [0.1, 0.15) is 5.82 Å². The van der Waals surface area contributed by atoms with Crippen LogP contribution in [0, 0.1) is 19.7 Å². The zero-order valence-electron chi connectivity index (χ0n) is 23.9. The van der Waals surface area contributed by atoms with Gasteiger partial charge >= 0.3 is 6.09 Å². The molecule has 0 saturated heterocycles. The number of hydrogen-bond acceptors (Lipinski definition) is 7. The number of anilines is 1. The number of aryl methyl sites for hydroxylation is 1. The SMILES string of the molecule is CCN(CC)CCN(C(=O)OCCCNC(=O)CCO)C(=O)c1c(C)[nH]c(/C=C2\C(=O)Nc3ccc(F)cc32)c1C. The molecule has 1 aromatic carbocycles. The van der Waals surface area contributed by atoms with Gasteiger partial charge in [0.05, 0.1) is 24.4 Å². The average molecular weight is 572 g/mol. The summed E-state index contributed by atoms with van der Waals surface area (Å²) in [7, 11) is 0. The maximum Gasteiger partial charge on any atom is 0.416 e. The number of halogens is 1. The molecule has 0 unspecified atom stereocenters. The van der Waals surface area contributed by atoms with Gasteiger partial charge in [-0.25, -0.2) is 14.1 Å². The Labute approximate surface area is 238 Å². The zero-order chi connectivity index (χ0) is 30.1. The first-order chi connectivity index (χ1) is 19.6. The lowest BCUT2D eigenvalue weighted by molar-refractivity contribution is -0.121. The third-order valence-electron chi connectivity index (χ3n) is 6.95. The number of nitrogens with one attached hydrogen (secondary N) is 3. The number of nitrogens with zero attached hydrogens (tertiary/aromatic N) is 2. The third kappa shape index (κ3) is 7.80. The summed E-state index contributed by atoms with van der Waals surface area (Å²) in [5, 5.41) is 14.1. The van der Waals surface area contributed by atoms with Gasteiger partial charge in [0.15, 0.2) is 0 Å². The van der Waals surface area contributed by atoms with Crippen molar-refractivity contribution in [3.05, 3.63) is 52.1 Å². The van der Waals surface area contributed by atoms with Crippen molar-refractivity contribution in [1.82, 2.24) is 20.1 Å². The summed E-state index contributed by atoms with van der Waals surface area (Å²) in [5.41, 5.74) is 2.98. The summed E-state index contributed by atoms with van der Waals surface area (Å²) in [6.07, 6.45) is 1.10. The van der Waals surface area contributed by atoms with Crippen molar-refractivity contribution in [2.45, 2.75) is 40.5 Å². The number of fused-ring (bicyclic) bond motifs is 1. The minimum absolute atomic E-state index is 0.00443. The van der Waals surface area contributed by atoms with Crippen LogP contribution in [0.4, 0.5) is 14.9 Å². The van der Waals surface area contributed by atoms with Crippen molar-refractivity contribution >= 4 is 41.2 Å². The van der Waals surface area contributed by atoms with E-state index in [-0.39, 0.29) is 55.7 Å². The van der Waals surface area contributed by atoms with Crippen LogP contribution < -0.4 is 10.6 Å². The number of hydrogen-bond donors (Lipinski definition) is 4. The predicted octanol–water partition coefficient (Wildman–Crippen LogP) is 3.07. The number of carbonyl (C=O) groups excluding carboxylic acids is 4. The highest BCUT2D eigenvalue weighted by molar-refractivity contribution is 6.35. The number of aliphatic hydroxyl groups is 1. The van der Waals surface area contributed by atoms with Crippen molar-refractivity contribution in [3.63, 3.8) is 0 Å². The van der Waals surface area contributed by atoms with E-state index < -0.39 is 17.8 Å². The Morgan fingerprint density at radius 2 is 1.88 bits per heavy atom. The molecule has 0 radical (unpaired) electrons. The number of aromatic amines is 1. The van der Waals surface area contributed by atoms with Gasteiger partial charge in [-0.2, -0.15) is 0 Å². The third-order valence-corrected chi connectivity index (χ3v) is 6.95. The fourth-order valence-electron chi connectivity index (χ4n) is 4.61. The second kappa shape index (κ2) is 14.6. The fraction of sp³-hybridized carbons (Fsp3) is 0.448. The van der Waals surface area contributed by atoms with Crippen LogP contribution in [0.3, 0.4) is 0 Å². The number of ether oxygens (including phenoxy) is 1. The molecule has 0 fully saturated rings. The molecule has 1 aliphatic rings. The van der Waals surface area contributed by atoms with Gasteiger partial charge in [-0.05, 0) is 63.2 Å². The van der Waals surface area contributed by atoms with Crippen LogP contribution in [-0.4, -0.2) is 89.6 Å². The Hall–Kier alpha value is -4.03. The minimum atomic E-state index is -0.802. The minimum Gasteiger partial charge on any atom is -0.449 e. The van der Waals surface area contributed by atoms with E-state index in [2.05, 4.69) is 20.5 Å². The molecule has 0 bridgehead atoms. The smallest absolute Gasteiger partial charge is 0.416 e. The molecule has 0 aliphatic carbocycles. The number of aromatic nitrogens is 1. The topological polar surface area (TPSA) is 144 Å². The molecule has 12 heteroatoms. The molecule has 0 atom stereocenters. The maximum atomic E-state index is 13.9. The van der Waals surface area contributed by atoms with Crippen LogP contribution in [0.1, 0.15) is 59.6 Å². The Kier molecular flexibility index (Phi) is 11.2. The molecule has 4 N–H and O–H groups in total. The van der Waals surface area contributed by atoms with Gasteiger partial charge in [-0.15, -0.1) is 0 Å². The highest BCUT2D eigenvalue weighted by Gasteiger charge is 2.30. The quantitative estimate of drug-likeness (QED) is 0.214. The zero-order valence-corrected chi connectivity index (χ0v) is 23.9. The Morgan fingerprint density at radius 3 is 2.56 bits per heavy atom. The van der Waals surface area contributed by atoms with E-state index >= 15 is 0 Å². The van der Waals surface area contributed by atoms with Crippen LogP contribution in [0.5, 0.6) is 0 Å². The number of H-pyrrole nitrogens is 1. The van der Waals surface area contributed by atoms with E-state index in [4.69, 9.17) is 9.84 Å². The Morgan fingerprint density at radius 1 is 1.15 bits per heavy atom. The van der Waals surface area contributed by atoms with Gasteiger partial charge < -0.3 is 30.4 Å². The molecule has 1 aliphatic heterocycles. The molecule has 11 nitrogen and oxygen atoms in total. The second-order valence-electron chi connectivity index (χ2n) is 9.64. The number of imide groups is 1. The van der Waals surface area contributed by atoms with Crippen molar-refractivity contribution in [1.29, 1.82) is 0 Å². The lowest BCUT2D eigenvalue weighted by atomic mass is 10.0. The highest BCUT2D eigenvalue weighted by Crippen LogP contribution is 2.34. The standard InChI is InChI=1S/C29H38FN5O6/c1-5-34(6-2)12-13-35(29(40)41-15-7-11-31-25(37)10-14-36)28(39)26-18(3)24(32-19(26)4)17-22-21-16-20(30)8-9-23(21)33-27(22)38/h8-9,16-17,32,36H,5-7,10-15H2,1-4H3,(H,31,37)(H,33,38)/b22-17-. The van der Waals surface area contributed by atoms with Crippen LogP contribution >= 0.6 is 0 Å². The van der Waals surface area contributed by atoms with Gasteiger partial charge in [0, 0.05) is 48.7 Å². The van der Waals surface area contributed by atoms with Crippen LogP contribution in [0.15, 0.2) is 18.2 Å². The lowest BCUT2D eigenvalue weighted by Gasteiger charge is -2.25. The number of benzene rings is 1. The molecule has 1 aromatic heterocycles. The molecular formula is C29H38FN5O6. The van der Waals surface area contributed by atoms with Gasteiger partial charge in [-0.1, -0.05) is 13.8 Å². The van der Waals surface area contributed by atoms with E-state index in [1.54, 1.807) is 19.9 Å². The monoisotopic (exact) mass is 571 g/mol. The van der Waals surface area contributed by atoms with Crippen molar-refractivity contribution in [2.24, 2.45) is 0 Å². The highest BCUT2D eigenvalue weighted by atomic mass is 19.1. The summed E-state index contributed by atoms with van der Waals surface area (Å²) < 4.78 is 19.3. The summed E-state index contributed by atoms with van der Waals surface area (Å²) in [5.74, 6) is -1.71. The molecule has 3 rings (SSSR count). The van der Waals surface area contributed by atoms with E-state index in [9.17, 15) is 23.6 Å². The normalized spacial score (nSPS) is 13.3. The molecule has 222 valence electrons. The molecular weight excluding hydrogens is 533 g/mol. The molecule has 0 saturated carbocycles. The summed E-state index contributed by atoms with van der Waals surface area (Å²) >= 11 is 0. The molecule has 2 heterocycles. The summed E-state index contributed by atoms with van der Waals surface area (Å²) in [4.78, 5) is 57.3. The largest absolute Gasteiger partial charge is 0.449 e. The first-order valence-corrected chi connectivity index (χ1v) is 13.7. The van der Waals surface area contributed by atoms with E-state index in [1.807, 2.05) is 13.8 Å². The van der Waals surface area contributed by atoms with Crippen LogP contribution in [-0.2, 0) is 14.3 Å². The predicted molar refractivity (Wildman–Crippen MR) is 153 cm³/mol. The number of amides is 4. The fourth-order valence-corrected chi connectivity index (χ4v) is 4.61. The van der Waals surface area contributed by atoms with Crippen molar-refractivity contribution in [3.8, 4) is 0 Å². The molecule has 4 amide bonds. The summed E-state index contributed by atoms with van der Waals surface area (Å²) in [6.45, 7) is 9.42. The average Bonchev–Trinajstić information content (AvgIpc) is 3.39. The Balaban J connectivity index is 1.82. The number of aliphatic hydroxyl groups excluding tert-OH is 1. The molecule has 41 heavy (non-hydrogen) atoms. The first-order valence-electron chi connectivity index (χ1n) is 13.7. The number of carbonyl (C=O) groups is 4. The van der Waals surface area contributed by atoms with Gasteiger partial charge in [-0.3, -0.25) is 14.4 Å². The molecule has 2 aromatic rings. The van der Waals surface area contributed by atoms with E-state index in [0.717, 1.165) is 18.0 Å². The lowest BCUT2D eigenvalue weighted by Crippen LogP contribution is -2.43.